The molecule has 170 valence electrons. The largest absolute Gasteiger partial charge is 0.493 e. The molecule has 2 aromatic heterocycles. The molecule has 2 aromatic rings. The number of hydrogen-bond acceptors (Lipinski definition) is 7. The van der Waals surface area contributed by atoms with Gasteiger partial charge in [0.2, 0.25) is 0 Å². The summed E-state index contributed by atoms with van der Waals surface area (Å²) in [6, 6.07) is 0.230. The molecule has 0 unspecified atom stereocenters. The first-order chi connectivity index (χ1) is 15.0. The van der Waals surface area contributed by atoms with Gasteiger partial charge < -0.3 is 14.6 Å². The molecule has 0 saturated heterocycles. The predicted molar refractivity (Wildman–Crippen MR) is 108 cm³/mol. The molecule has 2 N–H and O–H groups in total. The number of ketones is 1. The number of ether oxygens (including phenoxy) is 1. The maximum absolute atomic E-state index is 13.1. The lowest BCUT2D eigenvalue weighted by atomic mass is 9.89. The van der Waals surface area contributed by atoms with Crippen LogP contribution >= 0.6 is 0 Å². The van der Waals surface area contributed by atoms with Gasteiger partial charge in [0.15, 0.2) is 23.2 Å². The molecule has 0 spiro atoms. The monoisotopic (exact) mass is 451 g/mol. The van der Waals surface area contributed by atoms with E-state index in [2.05, 4.69) is 25.8 Å². The Morgan fingerprint density at radius 3 is 2.53 bits per heavy atom. The van der Waals surface area contributed by atoms with E-state index in [1.54, 1.807) is 13.0 Å². The summed E-state index contributed by atoms with van der Waals surface area (Å²) in [6.45, 7) is 4.03. The van der Waals surface area contributed by atoms with Crippen molar-refractivity contribution in [3.8, 4) is 0 Å². The quantitative estimate of drug-likeness (QED) is 0.675. The van der Waals surface area contributed by atoms with Gasteiger partial charge >= 0.3 is 12.2 Å². The van der Waals surface area contributed by atoms with Gasteiger partial charge in [0.05, 0.1) is 30.3 Å². The lowest BCUT2D eigenvalue weighted by Crippen LogP contribution is -2.35. The highest BCUT2D eigenvalue weighted by Gasteiger charge is 2.51. The van der Waals surface area contributed by atoms with Gasteiger partial charge in [0.25, 0.3) is 0 Å². The van der Waals surface area contributed by atoms with Crippen molar-refractivity contribution in [2.75, 3.05) is 17.2 Å². The van der Waals surface area contributed by atoms with E-state index in [4.69, 9.17) is 9.26 Å². The second-order valence-corrected chi connectivity index (χ2v) is 7.30. The van der Waals surface area contributed by atoms with Crippen molar-refractivity contribution in [1.29, 1.82) is 0 Å². The summed E-state index contributed by atoms with van der Waals surface area (Å²) in [4.78, 5) is 32.1. The van der Waals surface area contributed by atoms with Crippen LogP contribution in [0.5, 0.6) is 0 Å². The van der Waals surface area contributed by atoms with Crippen LogP contribution in [0, 0.1) is 0 Å². The first-order valence-corrected chi connectivity index (χ1v) is 9.53. The number of alkyl halides is 3. The van der Waals surface area contributed by atoms with Crippen LogP contribution in [-0.2, 0) is 14.9 Å². The number of carbonyl (C=O) groups excluding carboxylic acids is 2. The minimum Gasteiger partial charge on any atom is -0.493 e. The lowest BCUT2D eigenvalue weighted by molar-refractivity contribution is -0.185. The zero-order valence-electron chi connectivity index (χ0n) is 17.4. The molecular formula is C20H20F3N5O4. The average molecular weight is 451 g/mol. The molecule has 12 heteroatoms. The summed E-state index contributed by atoms with van der Waals surface area (Å²) in [5.74, 6) is -0.0486. The molecule has 1 aliphatic carbocycles. The highest BCUT2D eigenvalue weighted by atomic mass is 19.4. The Labute approximate surface area is 180 Å². The van der Waals surface area contributed by atoms with E-state index in [-0.39, 0.29) is 23.7 Å². The SMILES string of the molecule is CCOC1=CC(=O)CC=C1c1ncc(NC(=O)Nc2cc(C(C)(C)C(F)(F)F)on2)cn1. The fraction of sp³-hybridized carbons (Fsp3) is 0.350. The molecule has 0 radical (unpaired) electrons. The van der Waals surface area contributed by atoms with Crippen LogP contribution in [0.3, 0.4) is 0 Å². The topological polar surface area (TPSA) is 119 Å². The van der Waals surface area contributed by atoms with E-state index in [1.807, 2.05) is 0 Å². The Morgan fingerprint density at radius 1 is 1.22 bits per heavy atom. The highest BCUT2D eigenvalue weighted by Crippen LogP contribution is 2.41. The van der Waals surface area contributed by atoms with Crippen LogP contribution < -0.4 is 10.6 Å². The van der Waals surface area contributed by atoms with E-state index < -0.39 is 23.4 Å². The van der Waals surface area contributed by atoms with E-state index in [0.717, 1.165) is 19.9 Å². The molecule has 9 nitrogen and oxygen atoms in total. The zero-order valence-corrected chi connectivity index (χ0v) is 17.4. The second kappa shape index (κ2) is 8.81. The number of amides is 2. The second-order valence-electron chi connectivity index (χ2n) is 7.30. The Bertz CT molecular complexity index is 1070. The predicted octanol–water partition coefficient (Wildman–Crippen LogP) is 4.23. The molecule has 0 bridgehead atoms. The standard InChI is InChI=1S/C20H20F3N5O4/c1-4-31-14-7-12(29)5-6-13(14)17-24-9-11(10-25-17)26-18(30)27-16-8-15(32-28-16)19(2,3)20(21,22)23/h6-10H,4-5H2,1-3H3,(H2,26,27,28,30). The molecule has 2 heterocycles. The first kappa shape index (κ1) is 23.0. The zero-order chi connectivity index (χ0) is 23.5. The van der Waals surface area contributed by atoms with Crippen molar-refractivity contribution >= 4 is 28.9 Å². The molecule has 1 aliphatic rings. The fourth-order valence-corrected chi connectivity index (χ4v) is 2.64. The third-order valence-electron chi connectivity index (χ3n) is 4.59. The Morgan fingerprint density at radius 2 is 1.91 bits per heavy atom. The number of hydrogen-bond donors (Lipinski definition) is 2. The van der Waals surface area contributed by atoms with Crippen molar-refractivity contribution in [2.24, 2.45) is 0 Å². The molecule has 0 aromatic carbocycles. The van der Waals surface area contributed by atoms with Crippen LogP contribution in [0.25, 0.3) is 5.57 Å². The summed E-state index contributed by atoms with van der Waals surface area (Å²) in [5, 5.41) is 8.18. The van der Waals surface area contributed by atoms with Crippen molar-refractivity contribution < 1.29 is 32.0 Å². The van der Waals surface area contributed by atoms with Gasteiger partial charge in [-0.2, -0.15) is 13.2 Å². The van der Waals surface area contributed by atoms with Crippen molar-refractivity contribution in [3.05, 3.63) is 48.0 Å². The van der Waals surface area contributed by atoms with Crippen molar-refractivity contribution in [3.63, 3.8) is 0 Å². The molecule has 3 rings (SSSR count). The number of rotatable bonds is 6. The van der Waals surface area contributed by atoms with E-state index in [1.165, 1.54) is 18.5 Å². The van der Waals surface area contributed by atoms with E-state index >= 15 is 0 Å². The van der Waals surface area contributed by atoms with Crippen LogP contribution in [0.4, 0.5) is 29.5 Å². The Balaban J connectivity index is 1.65. The van der Waals surface area contributed by atoms with Crippen LogP contribution in [-0.4, -0.2) is 39.7 Å². The van der Waals surface area contributed by atoms with Crippen LogP contribution in [0.1, 0.15) is 38.8 Å². The Hall–Kier alpha value is -3.70. The van der Waals surface area contributed by atoms with Crippen molar-refractivity contribution in [2.45, 2.75) is 38.8 Å². The molecule has 0 saturated carbocycles. The highest BCUT2D eigenvalue weighted by molar-refractivity contribution is 5.99. The summed E-state index contributed by atoms with van der Waals surface area (Å²) in [7, 11) is 0. The van der Waals surface area contributed by atoms with Gasteiger partial charge in [0, 0.05) is 18.6 Å². The maximum Gasteiger partial charge on any atom is 0.401 e. The number of urea groups is 1. The smallest absolute Gasteiger partial charge is 0.401 e. The van der Waals surface area contributed by atoms with Gasteiger partial charge in [-0.25, -0.2) is 14.8 Å². The van der Waals surface area contributed by atoms with Gasteiger partial charge in [-0.05, 0) is 20.8 Å². The van der Waals surface area contributed by atoms with Gasteiger partial charge in [-0.15, -0.1) is 0 Å². The minimum atomic E-state index is -4.55. The number of anilines is 2. The number of aromatic nitrogens is 3. The first-order valence-electron chi connectivity index (χ1n) is 9.53. The molecule has 0 aliphatic heterocycles. The number of nitrogens with one attached hydrogen (secondary N) is 2. The van der Waals surface area contributed by atoms with Crippen LogP contribution in [0.2, 0.25) is 0 Å². The summed E-state index contributed by atoms with van der Waals surface area (Å²) >= 11 is 0. The van der Waals surface area contributed by atoms with E-state index in [0.29, 0.717) is 23.8 Å². The van der Waals surface area contributed by atoms with Crippen LogP contribution in [0.15, 0.2) is 40.9 Å². The summed E-state index contributed by atoms with van der Waals surface area (Å²) < 4.78 is 49.5. The minimum absolute atomic E-state index is 0.0956. The normalized spacial score (nSPS) is 14.5. The summed E-state index contributed by atoms with van der Waals surface area (Å²) in [6.07, 6.45) is 1.36. The number of nitrogens with zero attached hydrogens (tertiary/aromatic N) is 3. The third kappa shape index (κ3) is 4.95. The van der Waals surface area contributed by atoms with Gasteiger partial charge in [-0.1, -0.05) is 11.2 Å². The number of carbonyl (C=O) groups is 2. The maximum atomic E-state index is 13.1. The molecule has 2 amide bonds. The average Bonchev–Trinajstić information content (AvgIpc) is 3.17. The third-order valence-corrected chi connectivity index (χ3v) is 4.59. The molecule has 0 fully saturated rings. The molecule has 0 atom stereocenters. The number of halogens is 3. The van der Waals surface area contributed by atoms with Gasteiger partial charge in [-0.3, -0.25) is 10.1 Å². The lowest BCUT2D eigenvalue weighted by Gasteiger charge is -2.24. The molecular weight excluding hydrogens is 431 g/mol. The summed E-state index contributed by atoms with van der Waals surface area (Å²) in [5.41, 5.74) is -1.49. The fourth-order valence-electron chi connectivity index (χ4n) is 2.64. The molecule has 32 heavy (non-hydrogen) atoms. The van der Waals surface area contributed by atoms with Crippen molar-refractivity contribution in [1.82, 2.24) is 15.1 Å². The van der Waals surface area contributed by atoms with E-state index in [9.17, 15) is 22.8 Å². The van der Waals surface area contributed by atoms with Gasteiger partial charge in [0.1, 0.15) is 11.2 Å². The Kier molecular flexibility index (Phi) is 6.32. The number of allylic oxidation sites excluding steroid dienone is 3.